The van der Waals surface area contributed by atoms with Crippen molar-refractivity contribution in [3.63, 3.8) is 0 Å². The SMILES string of the molecule is CCC1C(=O)N(C)c2cnc(C3C(OC)=CC=CC3(N)C(=O)NC3(CCO)CCN(CC4CCN(c5ccc(C6CCC(=O)NC6=O)cc5F)CC4)CC3(F)F)nc2N1C1CCCC1. The Labute approximate surface area is 371 Å². The zero-order valence-corrected chi connectivity index (χ0v) is 36.8. The fourth-order valence-corrected chi connectivity index (χ4v) is 11.0. The van der Waals surface area contributed by atoms with Crippen molar-refractivity contribution >= 4 is 40.8 Å². The summed E-state index contributed by atoms with van der Waals surface area (Å²) in [5.74, 6) is -6.35. The molecule has 4 amide bonds. The summed E-state index contributed by atoms with van der Waals surface area (Å²) in [5, 5.41) is 15.2. The monoisotopic (exact) mass is 891 g/mol. The average molecular weight is 892 g/mol. The van der Waals surface area contributed by atoms with Crippen LogP contribution >= 0.6 is 0 Å². The van der Waals surface area contributed by atoms with Crippen LogP contribution in [0.1, 0.15) is 101 Å². The number of methoxy groups -OCH3 is 1. The van der Waals surface area contributed by atoms with Crippen molar-refractivity contribution in [2.75, 3.05) is 68.2 Å². The van der Waals surface area contributed by atoms with E-state index in [0.29, 0.717) is 68.1 Å². The Morgan fingerprint density at radius 3 is 2.48 bits per heavy atom. The molecule has 1 saturated carbocycles. The Hall–Kier alpha value is -5.07. The molecule has 2 aromatic rings. The van der Waals surface area contributed by atoms with E-state index in [1.807, 2.05) is 11.8 Å². The molecule has 15 nitrogen and oxygen atoms in total. The number of ether oxygens (including phenoxy) is 1. The fourth-order valence-electron chi connectivity index (χ4n) is 11.0. The van der Waals surface area contributed by atoms with Crippen molar-refractivity contribution in [2.45, 2.75) is 118 Å². The van der Waals surface area contributed by atoms with E-state index in [2.05, 4.69) is 20.5 Å². The van der Waals surface area contributed by atoms with Gasteiger partial charge in [0.2, 0.25) is 23.6 Å². The van der Waals surface area contributed by atoms with Gasteiger partial charge in [0, 0.05) is 52.3 Å². The number of aromatic nitrogens is 2. The number of nitrogens with one attached hydrogen (secondary N) is 2. The molecular formula is C46H60F3N9O6. The van der Waals surface area contributed by atoms with Crippen molar-refractivity contribution in [1.82, 2.24) is 25.5 Å². The molecule has 6 aliphatic rings. The van der Waals surface area contributed by atoms with E-state index in [9.17, 15) is 24.3 Å². The molecule has 8 rings (SSSR count). The molecule has 346 valence electrons. The van der Waals surface area contributed by atoms with Crippen molar-refractivity contribution < 1.29 is 42.2 Å². The van der Waals surface area contributed by atoms with Crippen molar-refractivity contribution in [3.05, 3.63) is 65.6 Å². The molecule has 4 aliphatic heterocycles. The Balaban J connectivity index is 0.958. The molecule has 0 radical (unpaired) electrons. The van der Waals surface area contributed by atoms with E-state index in [-0.39, 0.29) is 54.7 Å². The Morgan fingerprint density at radius 1 is 1.08 bits per heavy atom. The van der Waals surface area contributed by atoms with E-state index < -0.39 is 72.1 Å². The summed E-state index contributed by atoms with van der Waals surface area (Å²) < 4.78 is 54.7. The molecule has 1 aromatic heterocycles. The number of aliphatic hydroxyl groups is 1. The van der Waals surface area contributed by atoms with Gasteiger partial charge in [-0.25, -0.2) is 23.1 Å². The standard InChI is InChI=1S/C46H60F3N9O6/c1-4-33-42(62)55(2)35-25-51-39(53-40(35)58(33)30-8-5-6-9-30)38-36(64-3)10-7-17-45(38,50)43(63)54-44(19-23-59)18-22-56(27-46(44,48)49)26-28-15-20-57(21-16-28)34-13-11-29(24-32(34)47)31-12-14-37(60)52-41(31)61/h7,10-11,13,17,24-25,28,30-31,33,38,59H,4-6,8-9,12,14-16,18-23,26-27,50H2,1-3H3,(H,54,63)(H,52,60,61). The maximum atomic E-state index is 16.8. The maximum absolute atomic E-state index is 16.8. The second kappa shape index (κ2) is 18.1. The number of hydrogen-bond acceptors (Lipinski definition) is 12. The van der Waals surface area contributed by atoms with E-state index >= 15 is 13.2 Å². The third kappa shape index (κ3) is 8.25. The molecule has 64 heavy (non-hydrogen) atoms. The molecule has 0 bridgehead atoms. The van der Waals surface area contributed by atoms with Crippen LogP contribution in [0, 0.1) is 11.7 Å². The van der Waals surface area contributed by atoms with Gasteiger partial charge >= 0.3 is 0 Å². The number of piperidine rings is 3. The Morgan fingerprint density at radius 2 is 1.83 bits per heavy atom. The first-order valence-electron chi connectivity index (χ1n) is 22.7. The number of likely N-dealkylation sites (tertiary alicyclic amines) is 1. The van der Waals surface area contributed by atoms with Crippen LogP contribution in [0.3, 0.4) is 0 Å². The number of carbonyl (C=O) groups is 4. The molecule has 4 fully saturated rings. The number of allylic oxidation sites excluding steroid dienone is 2. The van der Waals surface area contributed by atoms with E-state index in [4.69, 9.17) is 15.5 Å². The number of rotatable bonds is 12. The van der Waals surface area contributed by atoms with Gasteiger partial charge in [0.05, 0.1) is 31.5 Å². The van der Waals surface area contributed by atoms with Gasteiger partial charge in [-0.05, 0) is 81.1 Å². The summed E-state index contributed by atoms with van der Waals surface area (Å²) in [6, 6.07) is 4.38. The lowest BCUT2D eigenvalue weighted by molar-refractivity contribution is -0.159. The lowest BCUT2D eigenvalue weighted by atomic mass is 9.75. The number of likely N-dealkylation sites (N-methyl/N-ethyl adjacent to an activating group) is 1. The van der Waals surface area contributed by atoms with Gasteiger partial charge in [-0.3, -0.25) is 29.4 Å². The predicted molar refractivity (Wildman–Crippen MR) is 233 cm³/mol. The number of anilines is 3. The minimum absolute atomic E-state index is 0.0557. The van der Waals surface area contributed by atoms with Crippen LogP contribution in [0.4, 0.5) is 30.4 Å². The largest absolute Gasteiger partial charge is 0.500 e. The number of benzene rings is 1. The number of imide groups is 1. The third-order valence-corrected chi connectivity index (χ3v) is 14.7. The number of hydrogen-bond donors (Lipinski definition) is 4. The van der Waals surface area contributed by atoms with Crippen LogP contribution in [-0.2, 0) is 23.9 Å². The number of fused-ring (bicyclic) bond motifs is 1. The molecule has 18 heteroatoms. The van der Waals surface area contributed by atoms with Crippen LogP contribution in [-0.4, -0.2) is 126 Å². The number of nitrogens with two attached hydrogens (primary N) is 1. The lowest BCUT2D eigenvalue weighted by Crippen LogP contribution is -2.72. The van der Waals surface area contributed by atoms with Gasteiger partial charge in [-0.1, -0.05) is 38.0 Å². The minimum atomic E-state index is -3.47. The molecule has 5 unspecified atom stereocenters. The topological polar surface area (TPSA) is 187 Å². The number of alkyl halides is 2. The molecule has 0 spiro atoms. The molecular weight excluding hydrogens is 832 g/mol. The number of aliphatic hydroxyl groups excluding tert-OH is 1. The van der Waals surface area contributed by atoms with Gasteiger partial charge in [0.1, 0.15) is 46.1 Å². The second-order valence-electron chi connectivity index (χ2n) is 18.4. The number of amides is 4. The van der Waals surface area contributed by atoms with E-state index in [1.54, 1.807) is 47.3 Å². The highest BCUT2D eigenvalue weighted by atomic mass is 19.3. The zero-order valence-electron chi connectivity index (χ0n) is 36.8. The Bertz CT molecular complexity index is 2200. The third-order valence-electron chi connectivity index (χ3n) is 14.7. The summed E-state index contributed by atoms with van der Waals surface area (Å²) in [6.07, 6.45) is 11.8. The number of nitrogens with zero attached hydrogens (tertiary/aromatic N) is 6. The molecule has 5 heterocycles. The van der Waals surface area contributed by atoms with Crippen LogP contribution in [0.5, 0.6) is 0 Å². The number of carbonyl (C=O) groups excluding carboxylic acids is 4. The Kier molecular flexibility index (Phi) is 12.8. The first-order valence-corrected chi connectivity index (χ1v) is 22.7. The van der Waals surface area contributed by atoms with Crippen molar-refractivity contribution in [2.24, 2.45) is 11.7 Å². The summed E-state index contributed by atoms with van der Waals surface area (Å²) in [4.78, 5) is 69.1. The normalized spacial score (nSPS) is 29.1. The molecule has 3 saturated heterocycles. The summed E-state index contributed by atoms with van der Waals surface area (Å²) in [6.45, 7) is 2.34. The molecule has 5 N–H and O–H groups in total. The van der Waals surface area contributed by atoms with Gasteiger partial charge in [-0.15, -0.1) is 0 Å². The molecule has 2 aliphatic carbocycles. The van der Waals surface area contributed by atoms with Gasteiger partial charge in [-0.2, -0.15) is 0 Å². The predicted octanol–water partition coefficient (Wildman–Crippen LogP) is 4.02. The molecule has 5 atom stereocenters. The lowest BCUT2D eigenvalue weighted by Gasteiger charge is -2.50. The van der Waals surface area contributed by atoms with E-state index in [0.717, 1.165) is 25.7 Å². The van der Waals surface area contributed by atoms with Crippen LogP contribution in [0.25, 0.3) is 0 Å². The zero-order chi connectivity index (χ0) is 45.6. The minimum Gasteiger partial charge on any atom is -0.500 e. The van der Waals surface area contributed by atoms with E-state index in [1.165, 1.54) is 19.3 Å². The van der Waals surface area contributed by atoms with Crippen molar-refractivity contribution in [1.29, 1.82) is 0 Å². The van der Waals surface area contributed by atoms with Crippen molar-refractivity contribution in [3.8, 4) is 0 Å². The summed E-state index contributed by atoms with van der Waals surface area (Å²) in [5.41, 5.74) is 4.40. The van der Waals surface area contributed by atoms with Gasteiger partial charge < -0.3 is 35.6 Å². The summed E-state index contributed by atoms with van der Waals surface area (Å²) >= 11 is 0. The van der Waals surface area contributed by atoms with Crippen LogP contribution in [0.15, 0.2) is 48.4 Å². The highest BCUT2D eigenvalue weighted by molar-refractivity contribution is 6.04. The quantitative estimate of drug-likeness (QED) is 0.225. The van der Waals surface area contributed by atoms with Crippen LogP contribution < -0.4 is 31.1 Å². The fraction of sp³-hybridized carbons (Fsp3) is 0.609. The second-order valence-corrected chi connectivity index (χ2v) is 18.4. The first-order chi connectivity index (χ1) is 30.6. The average Bonchev–Trinajstić information content (AvgIpc) is 3.81. The highest BCUT2D eigenvalue weighted by Crippen LogP contribution is 2.45. The van der Waals surface area contributed by atoms with Gasteiger partial charge in [0.25, 0.3) is 5.92 Å². The number of halogens is 3. The summed E-state index contributed by atoms with van der Waals surface area (Å²) in [7, 11) is 3.12. The maximum Gasteiger partial charge on any atom is 0.283 e. The molecule has 1 aromatic carbocycles. The highest BCUT2D eigenvalue weighted by Gasteiger charge is 2.60. The first kappa shape index (κ1) is 45.5. The smallest absolute Gasteiger partial charge is 0.283 e. The van der Waals surface area contributed by atoms with Gasteiger partial charge in [0.15, 0.2) is 5.82 Å². The van der Waals surface area contributed by atoms with Crippen LogP contribution in [0.2, 0.25) is 0 Å².